The van der Waals surface area contributed by atoms with Crippen molar-refractivity contribution in [3.05, 3.63) is 31.0 Å². The van der Waals surface area contributed by atoms with Gasteiger partial charge in [-0.25, -0.2) is 0 Å². The molecule has 0 spiro atoms. The fourth-order valence-corrected chi connectivity index (χ4v) is 0.877. The van der Waals surface area contributed by atoms with E-state index in [0.29, 0.717) is 0 Å². The van der Waals surface area contributed by atoms with Crippen LogP contribution < -0.4 is 5.32 Å². The zero-order chi connectivity index (χ0) is 9.90. The van der Waals surface area contributed by atoms with E-state index in [9.17, 15) is 13.2 Å². The highest BCUT2D eigenvalue weighted by atomic mass is 19.4. The number of quaternary nitrogens is 1. The van der Waals surface area contributed by atoms with Crippen LogP contribution in [0.5, 0.6) is 0 Å². The van der Waals surface area contributed by atoms with Gasteiger partial charge < -0.3 is 10.1 Å². The summed E-state index contributed by atoms with van der Waals surface area (Å²) in [4.78, 5) is 0. The van der Waals surface area contributed by atoms with Crippen LogP contribution in [0.1, 0.15) is 0 Å². The lowest BCUT2D eigenvalue weighted by atomic mass is 10.2. The Bertz CT molecular complexity index is 232. The highest BCUT2D eigenvalue weighted by Gasteiger charge is 2.28. The van der Waals surface area contributed by atoms with Crippen molar-refractivity contribution < 1.29 is 23.2 Å². The van der Waals surface area contributed by atoms with E-state index in [4.69, 9.17) is 0 Å². The molecule has 74 valence electrons. The van der Waals surface area contributed by atoms with Gasteiger partial charge in [0.25, 0.3) is 0 Å². The molecule has 1 atom stereocenters. The lowest BCUT2D eigenvalue weighted by molar-refractivity contribution is -0.606. The predicted molar refractivity (Wildman–Crippen MR) is 40.3 cm³/mol. The minimum Gasteiger partial charge on any atom is -0.484 e. The Morgan fingerprint density at radius 3 is 2.77 bits per heavy atom. The SMILES string of the molecule is [CH2-]C1C=C(OCC(F)(F)F)C=C[NH2+]1. The highest BCUT2D eigenvalue weighted by molar-refractivity contribution is 5.14. The van der Waals surface area contributed by atoms with E-state index < -0.39 is 12.8 Å². The quantitative estimate of drug-likeness (QED) is 0.643. The fraction of sp³-hybridized carbons (Fsp3) is 0.375. The van der Waals surface area contributed by atoms with Gasteiger partial charge in [0.05, 0.1) is 6.20 Å². The molecular weight excluding hydrogens is 183 g/mol. The molecule has 0 amide bonds. The van der Waals surface area contributed by atoms with Crippen LogP contribution in [0.25, 0.3) is 0 Å². The van der Waals surface area contributed by atoms with E-state index in [0.717, 1.165) is 0 Å². The first-order chi connectivity index (χ1) is 5.97. The maximum Gasteiger partial charge on any atom is 0.422 e. The molecular formula is C8H10F3NO. The molecule has 1 unspecified atom stereocenters. The van der Waals surface area contributed by atoms with Crippen molar-refractivity contribution in [2.75, 3.05) is 6.61 Å². The number of ether oxygens (including phenoxy) is 1. The van der Waals surface area contributed by atoms with E-state index >= 15 is 0 Å². The minimum atomic E-state index is -4.29. The van der Waals surface area contributed by atoms with Gasteiger partial charge in [-0.2, -0.15) is 13.2 Å². The number of rotatable bonds is 2. The Labute approximate surface area is 74.1 Å². The molecule has 1 aliphatic rings. The van der Waals surface area contributed by atoms with Crippen LogP contribution >= 0.6 is 0 Å². The number of nitrogens with two attached hydrogens (primary N) is 1. The summed E-state index contributed by atoms with van der Waals surface area (Å²) in [5.41, 5.74) is 0. The van der Waals surface area contributed by atoms with Crippen molar-refractivity contribution in [1.29, 1.82) is 0 Å². The molecule has 2 N–H and O–H groups in total. The third-order valence-electron chi connectivity index (χ3n) is 1.40. The highest BCUT2D eigenvalue weighted by Crippen LogP contribution is 2.17. The molecule has 0 aromatic heterocycles. The van der Waals surface area contributed by atoms with Crippen LogP contribution in [-0.2, 0) is 4.74 Å². The average molecular weight is 193 g/mol. The monoisotopic (exact) mass is 193 g/mol. The zero-order valence-electron chi connectivity index (χ0n) is 6.84. The van der Waals surface area contributed by atoms with Crippen molar-refractivity contribution in [2.24, 2.45) is 0 Å². The summed E-state index contributed by atoms with van der Waals surface area (Å²) < 4.78 is 39.6. The third kappa shape index (κ3) is 3.98. The van der Waals surface area contributed by atoms with Gasteiger partial charge in [-0.05, 0) is 12.1 Å². The van der Waals surface area contributed by atoms with E-state index in [1.807, 2.05) is 0 Å². The van der Waals surface area contributed by atoms with E-state index in [-0.39, 0.29) is 11.8 Å². The normalized spacial score (nSPS) is 22.8. The van der Waals surface area contributed by atoms with Crippen molar-refractivity contribution >= 4 is 0 Å². The topological polar surface area (TPSA) is 25.8 Å². The van der Waals surface area contributed by atoms with Gasteiger partial charge in [-0.15, -0.1) is 0 Å². The van der Waals surface area contributed by atoms with Gasteiger partial charge in [0.2, 0.25) is 0 Å². The molecule has 2 nitrogen and oxygen atoms in total. The number of alkyl halides is 3. The Balaban J connectivity index is 2.41. The molecule has 0 bridgehead atoms. The van der Waals surface area contributed by atoms with Crippen LogP contribution in [-0.4, -0.2) is 18.8 Å². The summed E-state index contributed by atoms with van der Waals surface area (Å²) >= 11 is 0. The van der Waals surface area contributed by atoms with Gasteiger partial charge in [0.15, 0.2) is 6.61 Å². The summed E-state index contributed by atoms with van der Waals surface area (Å²) in [6.45, 7) is 2.39. The summed E-state index contributed by atoms with van der Waals surface area (Å²) in [5, 5.41) is 1.76. The molecule has 0 aromatic carbocycles. The third-order valence-corrected chi connectivity index (χ3v) is 1.40. The first-order valence-corrected chi connectivity index (χ1v) is 3.73. The molecule has 5 heteroatoms. The molecule has 1 heterocycles. The Hall–Kier alpha value is -0.970. The van der Waals surface area contributed by atoms with E-state index in [2.05, 4.69) is 11.7 Å². The molecule has 0 fully saturated rings. The molecule has 13 heavy (non-hydrogen) atoms. The Morgan fingerprint density at radius 2 is 2.23 bits per heavy atom. The van der Waals surface area contributed by atoms with Gasteiger partial charge in [-0.1, -0.05) is 0 Å². The van der Waals surface area contributed by atoms with Crippen LogP contribution in [0.4, 0.5) is 13.2 Å². The van der Waals surface area contributed by atoms with Crippen molar-refractivity contribution in [1.82, 2.24) is 0 Å². The van der Waals surface area contributed by atoms with Gasteiger partial charge in [-0.3, -0.25) is 6.92 Å². The van der Waals surface area contributed by atoms with Gasteiger partial charge in [0.1, 0.15) is 5.76 Å². The zero-order valence-corrected chi connectivity index (χ0v) is 6.84. The summed E-state index contributed by atoms with van der Waals surface area (Å²) in [6, 6.07) is -0.117. The molecule has 0 saturated carbocycles. The number of hydrogen-bond donors (Lipinski definition) is 1. The Kier molecular flexibility index (Phi) is 2.98. The first-order valence-electron chi connectivity index (χ1n) is 3.73. The largest absolute Gasteiger partial charge is 0.484 e. The van der Waals surface area contributed by atoms with Crippen LogP contribution in [0.15, 0.2) is 24.1 Å². The Morgan fingerprint density at radius 1 is 1.54 bits per heavy atom. The fourth-order valence-electron chi connectivity index (χ4n) is 0.877. The van der Waals surface area contributed by atoms with Crippen LogP contribution in [0.2, 0.25) is 0 Å². The van der Waals surface area contributed by atoms with Crippen LogP contribution in [0, 0.1) is 6.92 Å². The molecule has 1 aliphatic heterocycles. The predicted octanol–water partition coefficient (Wildman–Crippen LogP) is 0.743. The summed E-state index contributed by atoms with van der Waals surface area (Å²) in [6.07, 6.45) is 0.356. The maximum atomic E-state index is 11.7. The second kappa shape index (κ2) is 3.83. The minimum absolute atomic E-state index is 0.117. The van der Waals surface area contributed by atoms with Crippen molar-refractivity contribution in [3.8, 4) is 0 Å². The number of hydrogen-bond acceptors (Lipinski definition) is 1. The summed E-state index contributed by atoms with van der Waals surface area (Å²) in [5.74, 6) is 0.222. The lowest BCUT2D eigenvalue weighted by Crippen LogP contribution is -2.84. The molecule has 0 radical (unpaired) electrons. The molecule has 0 aliphatic carbocycles. The lowest BCUT2D eigenvalue weighted by Gasteiger charge is -2.16. The molecule has 1 rings (SSSR count). The maximum absolute atomic E-state index is 11.7. The van der Waals surface area contributed by atoms with E-state index in [1.54, 1.807) is 11.5 Å². The van der Waals surface area contributed by atoms with Crippen molar-refractivity contribution in [2.45, 2.75) is 12.2 Å². The van der Waals surface area contributed by atoms with Crippen molar-refractivity contribution in [3.63, 3.8) is 0 Å². The molecule has 0 aromatic rings. The molecule has 0 saturated heterocycles. The second-order valence-corrected chi connectivity index (χ2v) is 2.69. The van der Waals surface area contributed by atoms with Gasteiger partial charge in [0, 0.05) is 6.08 Å². The standard InChI is InChI=1S/C8H9F3NO/c1-6-4-7(2-3-12-6)13-5-8(9,10)11/h2-4,6,12H,1,5H2/q-1/p+1. The van der Waals surface area contributed by atoms with Gasteiger partial charge >= 0.3 is 6.18 Å². The first kappa shape index (κ1) is 10.1. The van der Waals surface area contributed by atoms with Crippen LogP contribution in [0.3, 0.4) is 0 Å². The smallest absolute Gasteiger partial charge is 0.422 e. The average Bonchev–Trinajstić information content (AvgIpc) is 2.00. The second-order valence-electron chi connectivity index (χ2n) is 2.69. The summed E-state index contributed by atoms with van der Waals surface area (Å²) in [7, 11) is 0. The number of allylic oxidation sites excluding steroid dienone is 1. The number of halogens is 3. The van der Waals surface area contributed by atoms with E-state index in [1.165, 1.54) is 12.2 Å².